The number of nitrogens with zero attached hydrogens (tertiary/aromatic N) is 1. The fourth-order valence-corrected chi connectivity index (χ4v) is 2.33. The molecule has 0 aromatic heterocycles. The van der Waals surface area contributed by atoms with Crippen LogP contribution in [0.2, 0.25) is 0 Å². The summed E-state index contributed by atoms with van der Waals surface area (Å²) in [5.41, 5.74) is 0. The molecule has 0 aromatic rings. The number of rotatable bonds is 7. The van der Waals surface area contributed by atoms with Crippen LogP contribution in [0.5, 0.6) is 0 Å². The van der Waals surface area contributed by atoms with Crippen LogP contribution in [0.4, 0.5) is 0 Å². The third-order valence-corrected chi connectivity index (χ3v) is 3.37. The van der Waals surface area contributed by atoms with Crippen molar-refractivity contribution in [3.8, 4) is 0 Å². The summed E-state index contributed by atoms with van der Waals surface area (Å²) in [5.74, 6) is -0.869. The van der Waals surface area contributed by atoms with Crippen molar-refractivity contribution in [3.63, 3.8) is 0 Å². The van der Waals surface area contributed by atoms with Crippen LogP contribution in [0, 0.1) is 0 Å². The number of carboxylic acids is 1. The van der Waals surface area contributed by atoms with Crippen molar-refractivity contribution in [1.82, 2.24) is 4.90 Å². The van der Waals surface area contributed by atoms with Crippen molar-refractivity contribution >= 4 is 5.97 Å². The topological polar surface area (TPSA) is 59.0 Å². The Morgan fingerprint density at radius 3 is 2.83 bits per heavy atom. The van der Waals surface area contributed by atoms with Gasteiger partial charge in [0, 0.05) is 25.7 Å². The molecule has 1 saturated heterocycles. The Balaban J connectivity index is 2.45. The van der Waals surface area contributed by atoms with E-state index in [1.54, 1.807) is 0 Å². The van der Waals surface area contributed by atoms with Crippen LogP contribution in [0.25, 0.3) is 0 Å². The monoisotopic (exact) mass is 259 g/mol. The van der Waals surface area contributed by atoms with E-state index >= 15 is 0 Å². The van der Waals surface area contributed by atoms with Gasteiger partial charge in [0.1, 0.15) is 0 Å². The van der Waals surface area contributed by atoms with Gasteiger partial charge in [-0.2, -0.15) is 0 Å². The predicted molar refractivity (Wildman–Crippen MR) is 68.7 cm³/mol. The van der Waals surface area contributed by atoms with Crippen LogP contribution < -0.4 is 0 Å². The first-order chi connectivity index (χ1) is 8.58. The highest BCUT2D eigenvalue weighted by atomic mass is 16.5. The molecule has 1 rings (SSSR count). The molecule has 1 aliphatic heterocycles. The highest BCUT2D eigenvalue weighted by Gasteiger charge is 2.27. The maximum absolute atomic E-state index is 11.0. The second kappa shape index (κ2) is 7.71. The van der Waals surface area contributed by atoms with Gasteiger partial charge in [0.25, 0.3) is 0 Å². The van der Waals surface area contributed by atoms with E-state index in [-0.39, 0.29) is 6.10 Å². The van der Waals surface area contributed by atoms with E-state index in [0.717, 1.165) is 26.1 Å². The molecule has 1 heterocycles. The second-order valence-electron chi connectivity index (χ2n) is 4.77. The Labute approximate surface area is 109 Å². The van der Waals surface area contributed by atoms with Crippen molar-refractivity contribution in [2.45, 2.75) is 51.9 Å². The van der Waals surface area contributed by atoms with Crippen molar-refractivity contribution in [2.75, 3.05) is 26.3 Å². The zero-order chi connectivity index (χ0) is 13.5. The summed E-state index contributed by atoms with van der Waals surface area (Å²) in [7, 11) is 0. The maximum atomic E-state index is 11.0. The summed E-state index contributed by atoms with van der Waals surface area (Å²) < 4.78 is 10.9. The molecule has 3 unspecified atom stereocenters. The van der Waals surface area contributed by atoms with Crippen molar-refractivity contribution in [1.29, 1.82) is 0 Å². The quantitative estimate of drug-likeness (QED) is 0.748. The van der Waals surface area contributed by atoms with Gasteiger partial charge in [0.2, 0.25) is 0 Å². The van der Waals surface area contributed by atoms with Crippen molar-refractivity contribution in [3.05, 3.63) is 0 Å². The van der Waals surface area contributed by atoms with Crippen LogP contribution >= 0.6 is 0 Å². The molecule has 1 aliphatic rings. The van der Waals surface area contributed by atoms with Crippen LogP contribution in [-0.2, 0) is 14.3 Å². The summed E-state index contributed by atoms with van der Waals surface area (Å²) >= 11 is 0. The molecule has 106 valence electrons. The molecule has 1 N–H and O–H groups in total. The van der Waals surface area contributed by atoms with E-state index in [1.807, 2.05) is 6.92 Å². The zero-order valence-electron chi connectivity index (χ0n) is 11.6. The summed E-state index contributed by atoms with van der Waals surface area (Å²) in [6.45, 7) is 8.81. The molecular formula is C13H25NO4. The number of hydrogen-bond acceptors (Lipinski definition) is 4. The second-order valence-corrected chi connectivity index (χ2v) is 4.77. The molecule has 0 aliphatic carbocycles. The van der Waals surface area contributed by atoms with E-state index in [4.69, 9.17) is 14.6 Å². The SMILES string of the molecule is CCOC(CCN1CC(C)OCC1CC)C(=O)O. The lowest BCUT2D eigenvalue weighted by Gasteiger charge is -2.38. The molecule has 18 heavy (non-hydrogen) atoms. The molecule has 5 nitrogen and oxygen atoms in total. The lowest BCUT2D eigenvalue weighted by Crippen LogP contribution is -2.49. The summed E-state index contributed by atoms with van der Waals surface area (Å²) in [4.78, 5) is 13.3. The molecule has 0 bridgehead atoms. The molecule has 1 fully saturated rings. The Bertz CT molecular complexity index is 259. The van der Waals surface area contributed by atoms with Crippen LogP contribution in [0.15, 0.2) is 0 Å². The Hall–Kier alpha value is -0.650. The fraction of sp³-hybridized carbons (Fsp3) is 0.923. The molecular weight excluding hydrogens is 234 g/mol. The molecule has 0 spiro atoms. The van der Waals surface area contributed by atoms with E-state index < -0.39 is 12.1 Å². The molecule has 0 saturated carbocycles. The van der Waals surface area contributed by atoms with E-state index in [2.05, 4.69) is 18.7 Å². The van der Waals surface area contributed by atoms with Crippen molar-refractivity contribution in [2.24, 2.45) is 0 Å². The molecule has 5 heteroatoms. The van der Waals surface area contributed by atoms with Gasteiger partial charge in [-0.05, 0) is 26.7 Å². The molecule has 0 radical (unpaired) electrons. The molecule has 0 amide bonds. The van der Waals surface area contributed by atoms with Crippen molar-refractivity contribution < 1.29 is 19.4 Å². The highest BCUT2D eigenvalue weighted by Crippen LogP contribution is 2.15. The normalized spacial score (nSPS) is 27.1. The Morgan fingerprint density at radius 1 is 1.56 bits per heavy atom. The number of carboxylic acid groups (broad SMARTS) is 1. The first-order valence-electron chi connectivity index (χ1n) is 6.78. The largest absolute Gasteiger partial charge is 0.479 e. The lowest BCUT2D eigenvalue weighted by molar-refractivity contribution is -0.151. The van der Waals surface area contributed by atoms with E-state index in [0.29, 0.717) is 19.1 Å². The van der Waals surface area contributed by atoms with Gasteiger partial charge >= 0.3 is 5.97 Å². The summed E-state index contributed by atoms with van der Waals surface area (Å²) in [6.07, 6.45) is 1.10. The van der Waals surface area contributed by atoms with Crippen LogP contribution in [-0.4, -0.2) is 60.5 Å². The fourth-order valence-electron chi connectivity index (χ4n) is 2.33. The maximum Gasteiger partial charge on any atom is 0.332 e. The number of morpholine rings is 1. The summed E-state index contributed by atoms with van der Waals surface area (Å²) in [6, 6.07) is 0.400. The van der Waals surface area contributed by atoms with Crippen LogP contribution in [0.3, 0.4) is 0 Å². The number of ether oxygens (including phenoxy) is 2. The predicted octanol–water partition coefficient (Wildman–Crippen LogP) is 1.37. The van der Waals surface area contributed by atoms with Gasteiger partial charge < -0.3 is 14.6 Å². The number of hydrogen-bond donors (Lipinski definition) is 1. The Morgan fingerprint density at radius 2 is 2.28 bits per heavy atom. The zero-order valence-corrected chi connectivity index (χ0v) is 11.6. The Kier molecular flexibility index (Phi) is 6.60. The third-order valence-electron chi connectivity index (χ3n) is 3.37. The van der Waals surface area contributed by atoms with Gasteiger partial charge in [-0.25, -0.2) is 4.79 Å². The minimum atomic E-state index is -0.869. The minimum absolute atomic E-state index is 0.225. The molecule has 3 atom stereocenters. The number of carbonyl (C=O) groups is 1. The first kappa shape index (κ1) is 15.4. The van der Waals surface area contributed by atoms with E-state index in [1.165, 1.54) is 0 Å². The van der Waals surface area contributed by atoms with Gasteiger partial charge in [-0.3, -0.25) is 4.90 Å². The lowest BCUT2D eigenvalue weighted by atomic mass is 10.1. The van der Waals surface area contributed by atoms with Gasteiger partial charge in [0.05, 0.1) is 12.7 Å². The van der Waals surface area contributed by atoms with Crippen LogP contribution in [0.1, 0.15) is 33.6 Å². The van der Waals surface area contributed by atoms with Gasteiger partial charge in [0.15, 0.2) is 6.10 Å². The van der Waals surface area contributed by atoms with Gasteiger partial charge in [-0.1, -0.05) is 6.92 Å². The van der Waals surface area contributed by atoms with Gasteiger partial charge in [-0.15, -0.1) is 0 Å². The summed E-state index contributed by atoms with van der Waals surface area (Å²) in [5, 5.41) is 9.04. The average molecular weight is 259 g/mol. The first-order valence-corrected chi connectivity index (χ1v) is 6.78. The highest BCUT2D eigenvalue weighted by molar-refractivity contribution is 5.72. The minimum Gasteiger partial charge on any atom is -0.479 e. The number of aliphatic carboxylic acids is 1. The van der Waals surface area contributed by atoms with E-state index in [9.17, 15) is 4.79 Å². The third kappa shape index (κ3) is 4.55. The standard InChI is InChI=1S/C13H25NO4/c1-4-11-9-18-10(3)8-14(11)7-6-12(13(15)16)17-5-2/h10-12H,4-9H2,1-3H3,(H,15,16). The smallest absolute Gasteiger partial charge is 0.332 e. The average Bonchev–Trinajstić information content (AvgIpc) is 2.34. The molecule has 0 aromatic carbocycles.